The van der Waals surface area contributed by atoms with Crippen molar-refractivity contribution in [2.75, 3.05) is 5.32 Å². The Labute approximate surface area is 178 Å². The van der Waals surface area contributed by atoms with Gasteiger partial charge in [-0.3, -0.25) is 0 Å². The second-order valence-corrected chi connectivity index (χ2v) is 6.91. The third-order valence-corrected chi connectivity index (χ3v) is 4.64. The van der Waals surface area contributed by atoms with Crippen LogP contribution in [-0.2, 0) is 6.18 Å². The maximum absolute atomic E-state index is 13.4. The van der Waals surface area contributed by atoms with Gasteiger partial charge in [-0.2, -0.15) is 23.0 Å². The Balaban J connectivity index is 1.74. The summed E-state index contributed by atoms with van der Waals surface area (Å²) in [5.74, 6) is 1.09. The summed E-state index contributed by atoms with van der Waals surface area (Å²) in [5.41, 5.74) is -0.591. The molecule has 0 aliphatic heterocycles. The summed E-state index contributed by atoms with van der Waals surface area (Å²) >= 11 is 5.94. The van der Waals surface area contributed by atoms with Gasteiger partial charge in [0.15, 0.2) is 11.6 Å². The number of nitrogens with zero attached hydrogens (tertiary/aromatic N) is 7. The van der Waals surface area contributed by atoms with Crippen molar-refractivity contribution in [1.29, 1.82) is 0 Å². The van der Waals surface area contributed by atoms with E-state index in [2.05, 4.69) is 41.9 Å². The van der Waals surface area contributed by atoms with Gasteiger partial charge in [-0.25, -0.2) is 24.9 Å². The van der Waals surface area contributed by atoms with Crippen molar-refractivity contribution in [3.05, 3.63) is 65.9 Å². The van der Waals surface area contributed by atoms with Gasteiger partial charge in [0, 0.05) is 16.5 Å². The second-order valence-electron chi connectivity index (χ2n) is 6.47. The summed E-state index contributed by atoms with van der Waals surface area (Å²) in [4.78, 5) is 20.4. The van der Waals surface area contributed by atoms with Crippen molar-refractivity contribution in [2.45, 2.75) is 19.1 Å². The average Bonchev–Trinajstić information content (AvgIpc) is 3.23. The zero-order valence-corrected chi connectivity index (χ0v) is 16.7. The fraction of sp³-hybridized carbons (Fsp3) is 0.158. The van der Waals surface area contributed by atoms with Gasteiger partial charge in [-0.05, 0) is 25.1 Å². The monoisotopic (exact) mass is 446 g/mol. The van der Waals surface area contributed by atoms with Gasteiger partial charge < -0.3 is 5.32 Å². The maximum atomic E-state index is 13.4. The summed E-state index contributed by atoms with van der Waals surface area (Å²) in [6.07, 6.45) is 0.731. The maximum Gasteiger partial charge on any atom is 0.418 e. The fourth-order valence-electron chi connectivity index (χ4n) is 3.04. The quantitative estimate of drug-likeness (QED) is 0.482. The third-order valence-electron chi connectivity index (χ3n) is 4.42. The predicted molar refractivity (Wildman–Crippen MR) is 109 cm³/mol. The average molecular weight is 447 g/mol. The molecule has 0 unspecified atom stereocenters. The number of hydrogen-bond donors (Lipinski definition) is 1. The van der Waals surface area contributed by atoms with Gasteiger partial charge in [0.1, 0.15) is 24.8 Å². The molecule has 12 heteroatoms. The number of aromatic nitrogens is 7. The van der Waals surface area contributed by atoms with Crippen molar-refractivity contribution >= 4 is 34.4 Å². The standard InChI is InChI=1S/C19H14ClF3N8/c1-3-12-6-15(25-7-24-12)31-18(28-9-29-31)10(2)30-17-13-4-11(20)5-14(19(21,22)23)16(13)26-8-27-17/h3-10H,1H2,2H3,(H,26,27,30)/t10-/m0/s1. The molecule has 3 aromatic heterocycles. The zero-order valence-electron chi connectivity index (χ0n) is 16.0. The van der Waals surface area contributed by atoms with Gasteiger partial charge in [-0.1, -0.05) is 18.2 Å². The molecule has 0 spiro atoms. The number of hydrogen-bond acceptors (Lipinski definition) is 7. The lowest BCUT2D eigenvalue weighted by molar-refractivity contribution is -0.136. The van der Waals surface area contributed by atoms with Crippen LogP contribution in [0.3, 0.4) is 0 Å². The fourth-order valence-corrected chi connectivity index (χ4v) is 3.26. The Bertz CT molecular complexity index is 1270. The first-order valence-electron chi connectivity index (χ1n) is 8.90. The van der Waals surface area contributed by atoms with Crippen LogP contribution < -0.4 is 5.32 Å². The van der Waals surface area contributed by atoms with E-state index >= 15 is 0 Å². The number of rotatable bonds is 5. The van der Waals surface area contributed by atoms with Crippen LogP contribution in [0.5, 0.6) is 0 Å². The molecule has 3 heterocycles. The summed E-state index contributed by atoms with van der Waals surface area (Å²) in [6.45, 7) is 5.44. The van der Waals surface area contributed by atoms with Crippen LogP contribution in [0.1, 0.15) is 30.0 Å². The number of nitrogens with one attached hydrogen (secondary N) is 1. The van der Waals surface area contributed by atoms with Crippen molar-refractivity contribution in [1.82, 2.24) is 34.7 Å². The van der Waals surface area contributed by atoms with Crippen LogP contribution >= 0.6 is 11.6 Å². The first-order chi connectivity index (χ1) is 14.8. The summed E-state index contributed by atoms with van der Waals surface area (Å²) in [5, 5.41) is 7.31. The number of halogens is 4. The van der Waals surface area contributed by atoms with Crippen LogP contribution in [0.4, 0.5) is 19.0 Å². The molecule has 0 saturated heterocycles. The minimum Gasteiger partial charge on any atom is -0.360 e. The summed E-state index contributed by atoms with van der Waals surface area (Å²) < 4.78 is 41.8. The largest absolute Gasteiger partial charge is 0.418 e. The van der Waals surface area contributed by atoms with Gasteiger partial charge in [0.25, 0.3) is 0 Å². The van der Waals surface area contributed by atoms with Crippen molar-refractivity contribution in [3.63, 3.8) is 0 Å². The van der Waals surface area contributed by atoms with Crippen molar-refractivity contribution in [3.8, 4) is 5.82 Å². The van der Waals surface area contributed by atoms with E-state index in [1.807, 2.05) is 0 Å². The Morgan fingerprint density at radius 1 is 1.06 bits per heavy atom. The van der Waals surface area contributed by atoms with Crippen LogP contribution in [0.25, 0.3) is 22.8 Å². The molecule has 0 bridgehead atoms. The van der Waals surface area contributed by atoms with Crippen molar-refractivity contribution in [2.24, 2.45) is 0 Å². The van der Waals surface area contributed by atoms with Gasteiger partial charge in [0.2, 0.25) is 0 Å². The minimum absolute atomic E-state index is 0.0774. The molecule has 0 aliphatic rings. The molecular formula is C19H14ClF3N8. The molecule has 0 radical (unpaired) electrons. The molecule has 158 valence electrons. The Morgan fingerprint density at radius 2 is 1.84 bits per heavy atom. The minimum atomic E-state index is -4.61. The number of alkyl halides is 3. The highest BCUT2D eigenvalue weighted by Gasteiger charge is 2.34. The number of benzene rings is 1. The molecule has 8 nitrogen and oxygen atoms in total. The molecule has 0 aliphatic carbocycles. The molecule has 1 atom stereocenters. The Kier molecular flexibility index (Phi) is 5.27. The third kappa shape index (κ3) is 4.04. The van der Waals surface area contributed by atoms with E-state index in [4.69, 9.17) is 11.6 Å². The Hall–Kier alpha value is -3.60. The second kappa shape index (κ2) is 7.91. The lowest BCUT2D eigenvalue weighted by Gasteiger charge is -2.17. The first-order valence-corrected chi connectivity index (χ1v) is 9.28. The van der Waals surface area contributed by atoms with Crippen LogP contribution in [0.15, 0.2) is 43.8 Å². The SMILES string of the molecule is C=Cc1cc(-n2ncnc2[C@H](C)Nc2ncnc3c(C(F)(F)F)cc(Cl)cc23)ncn1. The first kappa shape index (κ1) is 20.7. The van der Waals surface area contributed by atoms with Crippen LogP contribution in [0, 0.1) is 0 Å². The molecule has 1 aromatic carbocycles. The van der Waals surface area contributed by atoms with Crippen LogP contribution in [0.2, 0.25) is 5.02 Å². The molecular weight excluding hydrogens is 433 g/mol. The van der Waals surface area contributed by atoms with Gasteiger partial charge >= 0.3 is 6.18 Å². The Morgan fingerprint density at radius 3 is 2.58 bits per heavy atom. The van der Waals surface area contributed by atoms with E-state index in [1.165, 1.54) is 23.4 Å². The van der Waals surface area contributed by atoms with E-state index in [-0.39, 0.29) is 21.7 Å². The predicted octanol–water partition coefficient (Wildman–Crippen LogP) is 4.49. The molecule has 0 amide bonds. The molecule has 4 aromatic rings. The van der Waals surface area contributed by atoms with E-state index in [0.29, 0.717) is 17.3 Å². The summed E-state index contributed by atoms with van der Waals surface area (Å²) in [7, 11) is 0. The highest BCUT2D eigenvalue weighted by Crippen LogP contribution is 2.38. The van der Waals surface area contributed by atoms with Crippen LogP contribution in [-0.4, -0.2) is 34.7 Å². The van der Waals surface area contributed by atoms with Crippen molar-refractivity contribution < 1.29 is 13.2 Å². The lowest BCUT2D eigenvalue weighted by atomic mass is 10.1. The molecule has 0 saturated carbocycles. The molecule has 0 fully saturated rings. The topological polar surface area (TPSA) is 94.3 Å². The van der Waals surface area contributed by atoms with Gasteiger partial charge in [0.05, 0.1) is 22.8 Å². The highest BCUT2D eigenvalue weighted by atomic mass is 35.5. The highest BCUT2D eigenvalue weighted by molar-refractivity contribution is 6.31. The number of anilines is 1. The normalized spacial score (nSPS) is 12.7. The zero-order chi connectivity index (χ0) is 22.2. The molecule has 31 heavy (non-hydrogen) atoms. The number of fused-ring (bicyclic) bond motifs is 1. The summed E-state index contributed by atoms with van der Waals surface area (Å²) in [6, 6.07) is 3.39. The van der Waals surface area contributed by atoms with E-state index in [9.17, 15) is 13.2 Å². The smallest absolute Gasteiger partial charge is 0.360 e. The van der Waals surface area contributed by atoms with E-state index < -0.39 is 17.8 Å². The molecule has 4 rings (SSSR count). The lowest BCUT2D eigenvalue weighted by Crippen LogP contribution is -2.16. The van der Waals surface area contributed by atoms with Gasteiger partial charge in [-0.15, -0.1) is 0 Å². The molecule has 1 N–H and O–H groups in total. The van der Waals surface area contributed by atoms with E-state index in [0.717, 1.165) is 12.4 Å². The van der Waals surface area contributed by atoms with E-state index in [1.54, 1.807) is 19.1 Å².